The summed E-state index contributed by atoms with van der Waals surface area (Å²) in [6.45, 7) is 3.62. The average molecular weight is 487 g/mol. The molecule has 3 rings (SSSR count). The third kappa shape index (κ3) is 5.54. The van der Waals surface area contributed by atoms with Gasteiger partial charge in [-0.25, -0.2) is 13.8 Å². The first-order valence-electron chi connectivity index (χ1n) is 8.78. The Morgan fingerprint density at radius 3 is 2.56 bits per heavy atom. The molecule has 27 heavy (non-hydrogen) atoms. The number of aliphatic imine (C=N–C) groups is 1. The SMILES string of the molecule is CCNC(=NCc1ccc(O)c(F)c1)NCC1(c2cccc(F)c2)CC1.I. The summed E-state index contributed by atoms with van der Waals surface area (Å²) < 4.78 is 26.9. The van der Waals surface area contributed by atoms with Gasteiger partial charge in [-0.05, 0) is 55.2 Å². The van der Waals surface area contributed by atoms with E-state index in [0.29, 0.717) is 31.2 Å². The highest BCUT2D eigenvalue weighted by Gasteiger charge is 2.44. The lowest BCUT2D eigenvalue weighted by molar-refractivity contribution is 0.432. The molecule has 1 aliphatic carbocycles. The summed E-state index contributed by atoms with van der Waals surface area (Å²) in [7, 11) is 0. The van der Waals surface area contributed by atoms with Gasteiger partial charge in [-0.3, -0.25) is 0 Å². The highest BCUT2D eigenvalue weighted by Crippen LogP contribution is 2.47. The molecule has 0 saturated heterocycles. The largest absolute Gasteiger partial charge is 0.505 e. The highest BCUT2D eigenvalue weighted by molar-refractivity contribution is 14.0. The first kappa shape index (κ1) is 21.4. The van der Waals surface area contributed by atoms with Crippen molar-refractivity contribution in [3.8, 4) is 5.75 Å². The number of hydrogen-bond donors (Lipinski definition) is 3. The summed E-state index contributed by atoms with van der Waals surface area (Å²) in [5, 5.41) is 15.7. The Morgan fingerprint density at radius 2 is 1.93 bits per heavy atom. The minimum absolute atomic E-state index is 0. The van der Waals surface area contributed by atoms with Gasteiger partial charge in [0.2, 0.25) is 0 Å². The summed E-state index contributed by atoms with van der Waals surface area (Å²) in [6.07, 6.45) is 2.01. The lowest BCUT2D eigenvalue weighted by Gasteiger charge is -2.19. The van der Waals surface area contributed by atoms with Crippen LogP contribution in [0, 0.1) is 11.6 Å². The van der Waals surface area contributed by atoms with Crippen LogP contribution in [0.3, 0.4) is 0 Å². The molecule has 1 aliphatic rings. The number of phenolic OH excluding ortho intramolecular Hbond substituents is 1. The number of rotatable bonds is 6. The smallest absolute Gasteiger partial charge is 0.191 e. The molecule has 0 atom stereocenters. The van der Waals surface area contributed by atoms with Crippen LogP contribution in [0.1, 0.15) is 30.9 Å². The van der Waals surface area contributed by atoms with E-state index in [1.165, 1.54) is 18.2 Å². The van der Waals surface area contributed by atoms with Crippen molar-refractivity contribution in [2.45, 2.75) is 31.7 Å². The molecule has 0 spiro atoms. The van der Waals surface area contributed by atoms with E-state index >= 15 is 0 Å². The van der Waals surface area contributed by atoms with E-state index in [-0.39, 0.29) is 41.0 Å². The number of phenols is 1. The van der Waals surface area contributed by atoms with Gasteiger partial charge in [0, 0.05) is 18.5 Å². The van der Waals surface area contributed by atoms with Gasteiger partial charge in [-0.2, -0.15) is 0 Å². The van der Waals surface area contributed by atoms with Crippen LogP contribution in [0.15, 0.2) is 47.5 Å². The Kier molecular flexibility index (Phi) is 7.41. The number of halogens is 3. The van der Waals surface area contributed by atoms with E-state index in [9.17, 15) is 13.9 Å². The Hall–Kier alpha value is -1.90. The minimum Gasteiger partial charge on any atom is -0.505 e. The van der Waals surface area contributed by atoms with Crippen LogP contribution in [-0.4, -0.2) is 24.2 Å². The maximum absolute atomic E-state index is 13.5. The van der Waals surface area contributed by atoms with Gasteiger partial charge in [-0.1, -0.05) is 18.2 Å². The molecule has 0 unspecified atom stereocenters. The molecular formula is C20H24F2IN3O. The van der Waals surface area contributed by atoms with Gasteiger partial charge in [-0.15, -0.1) is 24.0 Å². The highest BCUT2D eigenvalue weighted by atomic mass is 127. The average Bonchev–Trinajstić information content (AvgIpc) is 3.41. The topological polar surface area (TPSA) is 56.7 Å². The number of nitrogens with one attached hydrogen (secondary N) is 2. The summed E-state index contributed by atoms with van der Waals surface area (Å²) in [5.41, 5.74) is 1.62. The van der Waals surface area contributed by atoms with Gasteiger partial charge in [0.1, 0.15) is 5.82 Å². The van der Waals surface area contributed by atoms with E-state index in [1.54, 1.807) is 18.2 Å². The molecule has 1 fully saturated rings. The second-order valence-electron chi connectivity index (χ2n) is 6.63. The molecule has 0 bridgehead atoms. The molecule has 0 radical (unpaired) electrons. The minimum atomic E-state index is -0.654. The molecule has 0 aliphatic heterocycles. The molecule has 0 aromatic heterocycles. The van der Waals surface area contributed by atoms with Crippen LogP contribution in [0.25, 0.3) is 0 Å². The monoisotopic (exact) mass is 487 g/mol. The fraction of sp³-hybridized carbons (Fsp3) is 0.350. The number of benzene rings is 2. The molecule has 1 saturated carbocycles. The lowest BCUT2D eigenvalue weighted by atomic mass is 9.96. The molecule has 4 nitrogen and oxygen atoms in total. The van der Waals surface area contributed by atoms with E-state index in [0.717, 1.165) is 18.4 Å². The zero-order chi connectivity index (χ0) is 18.6. The summed E-state index contributed by atoms with van der Waals surface area (Å²) >= 11 is 0. The quantitative estimate of drug-likeness (QED) is 0.327. The summed E-state index contributed by atoms with van der Waals surface area (Å²) in [4.78, 5) is 4.47. The third-order valence-electron chi connectivity index (χ3n) is 4.66. The van der Waals surface area contributed by atoms with Gasteiger partial charge in [0.15, 0.2) is 17.5 Å². The van der Waals surface area contributed by atoms with Crippen molar-refractivity contribution in [2.75, 3.05) is 13.1 Å². The van der Waals surface area contributed by atoms with Gasteiger partial charge in [0.05, 0.1) is 6.54 Å². The molecular weight excluding hydrogens is 463 g/mol. The maximum atomic E-state index is 13.5. The molecule has 0 heterocycles. The zero-order valence-electron chi connectivity index (χ0n) is 15.1. The van der Waals surface area contributed by atoms with Gasteiger partial charge < -0.3 is 15.7 Å². The van der Waals surface area contributed by atoms with Crippen LogP contribution in [0.2, 0.25) is 0 Å². The molecule has 0 amide bonds. The van der Waals surface area contributed by atoms with Gasteiger partial charge in [0.25, 0.3) is 0 Å². The van der Waals surface area contributed by atoms with Crippen molar-refractivity contribution in [2.24, 2.45) is 4.99 Å². The van der Waals surface area contributed by atoms with Crippen LogP contribution >= 0.6 is 24.0 Å². The molecule has 2 aromatic rings. The van der Waals surface area contributed by atoms with Gasteiger partial charge >= 0.3 is 0 Å². The maximum Gasteiger partial charge on any atom is 0.191 e. The Morgan fingerprint density at radius 1 is 1.15 bits per heavy atom. The van der Waals surface area contributed by atoms with Crippen molar-refractivity contribution >= 4 is 29.9 Å². The van der Waals surface area contributed by atoms with Crippen molar-refractivity contribution in [3.05, 3.63) is 65.2 Å². The molecule has 146 valence electrons. The van der Waals surface area contributed by atoms with Crippen LogP contribution in [-0.2, 0) is 12.0 Å². The third-order valence-corrected chi connectivity index (χ3v) is 4.66. The Balaban J connectivity index is 0.00000261. The van der Waals surface area contributed by atoms with Crippen molar-refractivity contribution in [1.82, 2.24) is 10.6 Å². The van der Waals surface area contributed by atoms with E-state index in [4.69, 9.17) is 0 Å². The van der Waals surface area contributed by atoms with Crippen LogP contribution in [0.4, 0.5) is 8.78 Å². The second kappa shape index (κ2) is 9.34. The normalized spacial score (nSPS) is 15.0. The number of aromatic hydroxyl groups is 1. The zero-order valence-corrected chi connectivity index (χ0v) is 17.5. The van der Waals surface area contributed by atoms with E-state index in [2.05, 4.69) is 15.6 Å². The number of guanidine groups is 1. The van der Waals surface area contributed by atoms with Crippen molar-refractivity contribution in [1.29, 1.82) is 0 Å². The Labute approximate surface area is 175 Å². The van der Waals surface area contributed by atoms with Crippen LogP contribution in [0.5, 0.6) is 5.75 Å². The fourth-order valence-electron chi connectivity index (χ4n) is 2.95. The first-order chi connectivity index (χ1) is 12.5. The predicted molar refractivity (Wildman–Crippen MR) is 114 cm³/mol. The standard InChI is InChI=1S/C20H23F2N3O.HI/c1-2-23-19(24-12-14-6-7-18(26)17(22)10-14)25-13-20(8-9-20)15-4-3-5-16(21)11-15;/h3-7,10-11,26H,2,8-9,12-13H2,1H3,(H2,23,24,25);1H. The van der Waals surface area contributed by atoms with Crippen LogP contribution < -0.4 is 10.6 Å². The van der Waals surface area contributed by atoms with Crippen molar-refractivity contribution < 1.29 is 13.9 Å². The van der Waals surface area contributed by atoms with Crippen molar-refractivity contribution in [3.63, 3.8) is 0 Å². The van der Waals surface area contributed by atoms with E-state index in [1.807, 2.05) is 13.0 Å². The first-order valence-corrected chi connectivity index (χ1v) is 8.78. The Bertz CT molecular complexity index is 810. The summed E-state index contributed by atoms with van der Waals surface area (Å²) in [6, 6.07) is 11.0. The second-order valence-corrected chi connectivity index (χ2v) is 6.63. The molecule has 3 N–H and O–H groups in total. The molecule has 2 aromatic carbocycles. The lowest BCUT2D eigenvalue weighted by Crippen LogP contribution is -2.41. The number of nitrogens with zero attached hydrogens (tertiary/aromatic N) is 1. The fourth-order valence-corrected chi connectivity index (χ4v) is 2.95. The van der Waals surface area contributed by atoms with E-state index < -0.39 is 5.82 Å². The molecule has 7 heteroatoms. The summed E-state index contributed by atoms with van der Waals surface area (Å²) in [5.74, 6) is -0.611. The number of hydrogen-bond acceptors (Lipinski definition) is 2. The predicted octanol–water partition coefficient (Wildman–Crippen LogP) is 4.08.